The van der Waals surface area contributed by atoms with Gasteiger partial charge in [-0.05, 0) is 42.7 Å². The molecular formula is C17H24N2O. The molecule has 2 rings (SSSR count). The first-order chi connectivity index (χ1) is 9.38. The maximum absolute atomic E-state index is 9.74. The summed E-state index contributed by atoms with van der Waals surface area (Å²) in [6.45, 7) is 6.74. The predicted octanol–water partition coefficient (Wildman–Crippen LogP) is 4.22. The highest BCUT2D eigenvalue weighted by atomic mass is 16.5. The molecule has 0 radical (unpaired) electrons. The van der Waals surface area contributed by atoms with E-state index < -0.39 is 5.54 Å². The van der Waals surface area contributed by atoms with Crippen LogP contribution < -0.4 is 10.1 Å². The summed E-state index contributed by atoms with van der Waals surface area (Å²) in [4.78, 5) is 0. The molecule has 0 saturated heterocycles. The van der Waals surface area contributed by atoms with Crippen LogP contribution in [0.15, 0.2) is 24.3 Å². The van der Waals surface area contributed by atoms with Gasteiger partial charge in [-0.25, -0.2) is 0 Å². The summed E-state index contributed by atoms with van der Waals surface area (Å²) in [5.41, 5.74) is 0.670. The lowest BCUT2D eigenvalue weighted by Crippen LogP contribution is -2.46. The first-order valence-electron chi connectivity index (χ1n) is 7.22. The van der Waals surface area contributed by atoms with E-state index in [2.05, 4.69) is 32.2 Å². The Morgan fingerprint density at radius 1 is 1.35 bits per heavy atom. The number of ether oxygens (including phenoxy) is 1. The van der Waals surface area contributed by atoms with Crippen molar-refractivity contribution in [3.63, 3.8) is 0 Å². The van der Waals surface area contributed by atoms with Gasteiger partial charge in [0.05, 0.1) is 13.2 Å². The van der Waals surface area contributed by atoms with Crippen LogP contribution in [-0.2, 0) is 0 Å². The van der Waals surface area contributed by atoms with Crippen molar-refractivity contribution in [3.8, 4) is 11.8 Å². The summed E-state index contributed by atoms with van der Waals surface area (Å²) in [5, 5.41) is 13.2. The summed E-state index contributed by atoms with van der Waals surface area (Å²) in [6, 6.07) is 10.3. The van der Waals surface area contributed by atoms with Crippen LogP contribution in [0.3, 0.4) is 0 Å². The molecule has 0 amide bonds. The van der Waals surface area contributed by atoms with E-state index in [0.29, 0.717) is 5.92 Å². The molecule has 1 N–H and O–H groups in total. The molecule has 20 heavy (non-hydrogen) atoms. The van der Waals surface area contributed by atoms with Gasteiger partial charge in [-0.1, -0.05) is 26.8 Å². The summed E-state index contributed by atoms with van der Waals surface area (Å²) >= 11 is 0. The van der Waals surface area contributed by atoms with Crippen LogP contribution in [-0.4, -0.2) is 12.6 Å². The molecular weight excluding hydrogens is 248 g/mol. The molecule has 1 aliphatic carbocycles. The monoisotopic (exact) mass is 272 g/mol. The summed E-state index contributed by atoms with van der Waals surface area (Å²) in [7, 11) is 1.66. The number of methoxy groups -OCH3 is 1. The second-order valence-corrected chi connectivity index (χ2v) is 6.91. The number of nitrogens with zero attached hydrogens (tertiary/aromatic N) is 1. The number of hydrogen-bond donors (Lipinski definition) is 1. The van der Waals surface area contributed by atoms with Crippen LogP contribution in [0.2, 0.25) is 0 Å². The molecule has 1 aliphatic rings. The van der Waals surface area contributed by atoms with Crippen molar-refractivity contribution in [1.82, 2.24) is 0 Å². The van der Waals surface area contributed by atoms with Crippen molar-refractivity contribution >= 4 is 5.69 Å². The summed E-state index contributed by atoms with van der Waals surface area (Å²) in [6.07, 6.45) is 2.94. The summed E-state index contributed by atoms with van der Waals surface area (Å²) in [5.74, 6) is 1.36. The fourth-order valence-electron chi connectivity index (χ4n) is 3.76. The molecule has 3 nitrogen and oxygen atoms in total. The van der Waals surface area contributed by atoms with Gasteiger partial charge < -0.3 is 10.1 Å². The molecule has 0 aromatic heterocycles. The maximum Gasteiger partial charge on any atom is 0.126 e. The van der Waals surface area contributed by atoms with E-state index in [0.717, 1.165) is 24.3 Å². The first-order valence-corrected chi connectivity index (χ1v) is 7.22. The van der Waals surface area contributed by atoms with Gasteiger partial charge in [0.25, 0.3) is 0 Å². The van der Waals surface area contributed by atoms with Crippen molar-refractivity contribution in [3.05, 3.63) is 24.3 Å². The molecule has 1 aromatic carbocycles. The Hall–Kier alpha value is -1.69. The molecule has 3 heteroatoms. The van der Waals surface area contributed by atoms with Crippen LogP contribution in [0.25, 0.3) is 0 Å². The minimum atomic E-state index is -0.479. The lowest BCUT2D eigenvalue weighted by Gasteiger charge is -2.44. The van der Waals surface area contributed by atoms with E-state index in [9.17, 15) is 5.26 Å². The van der Waals surface area contributed by atoms with Crippen molar-refractivity contribution in [2.75, 3.05) is 12.4 Å². The zero-order chi connectivity index (χ0) is 14.8. The van der Waals surface area contributed by atoms with E-state index >= 15 is 0 Å². The van der Waals surface area contributed by atoms with Crippen molar-refractivity contribution in [1.29, 1.82) is 5.26 Å². The van der Waals surface area contributed by atoms with Crippen molar-refractivity contribution in [2.24, 2.45) is 11.3 Å². The minimum Gasteiger partial charge on any atom is -0.497 e. The van der Waals surface area contributed by atoms with Gasteiger partial charge >= 0.3 is 0 Å². The average molecular weight is 272 g/mol. The third-order valence-electron chi connectivity index (χ3n) is 4.05. The third kappa shape index (κ3) is 3.25. The Balaban J connectivity index is 2.25. The Labute approximate surface area is 121 Å². The SMILES string of the molecule is COc1cccc(NC2(C#N)CC(C)CC(C)(C)C2)c1. The minimum absolute atomic E-state index is 0.194. The van der Waals surface area contributed by atoms with Gasteiger partial charge in [-0.15, -0.1) is 0 Å². The maximum atomic E-state index is 9.74. The lowest BCUT2D eigenvalue weighted by molar-refractivity contribution is 0.149. The predicted molar refractivity (Wildman–Crippen MR) is 81.8 cm³/mol. The molecule has 0 heterocycles. The fraction of sp³-hybridized carbons (Fsp3) is 0.588. The van der Waals surface area contributed by atoms with E-state index in [1.165, 1.54) is 6.42 Å². The van der Waals surface area contributed by atoms with Gasteiger partial charge in [-0.2, -0.15) is 5.26 Å². The van der Waals surface area contributed by atoms with Gasteiger partial charge in [-0.3, -0.25) is 0 Å². The van der Waals surface area contributed by atoms with Gasteiger partial charge in [0.1, 0.15) is 11.3 Å². The lowest BCUT2D eigenvalue weighted by atomic mass is 9.64. The highest BCUT2D eigenvalue weighted by molar-refractivity contribution is 5.52. The second-order valence-electron chi connectivity index (χ2n) is 6.91. The molecule has 0 spiro atoms. The molecule has 2 unspecified atom stereocenters. The van der Waals surface area contributed by atoms with Crippen LogP contribution >= 0.6 is 0 Å². The topological polar surface area (TPSA) is 45.0 Å². The number of nitrogens with one attached hydrogen (secondary N) is 1. The first kappa shape index (κ1) is 14.7. The average Bonchev–Trinajstić information content (AvgIpc) is 2.36. The Morgan fingerprint density at radius 3 is 2.70 bits per heavy atom. The molecule has 0 bridgehead atoms. The summed E-state index contributed by atoms with van der Waals surface area (Å²) < 4.78 is 5.25. The smallest absolute Gasteiger partial charge is 0.126 e. The van der Waals surface area contributed by atoms with Crippen LogP contribution in [0.5, 0.6) is 5.75 Å². The fourth-order valence-corrected chi connectivity index (χ4v) is 3.76. The molecule has 108 valence electrons. The highest BCUT2D eigenvalue weighted by Gasteiger charge is 2.43. The molecule has 1 fully saturated rings. The second kappa shape index (κ2) is 5.36. The number of hydrogen-bond acceptors (Lipinski definition) is 3. The largest absolute Gasteiger partial charge is 0.497 e. The number of benzene rings is 1. The molecule has 2 atom stereocenters. The Bertz CT molecular complexity index is 518. The van der Waals surface area contributed by atoms with Crippen LogP contribution in [0, 0.1) is 22.7 Å². The number of rotatable bonds is 3. The standard InChI is InChI=1S/C17H24N2O/c1-13-9-16(2,3)11-17(10-13,12-18)19-14-6-5-7-15(8-14)20-4/h5-8,13,19H,9-11H2,1-4H3. The Kier molecular flexibility index (Phi) is 3.94. The van der Waals surface area contributed by atoms with E-state index in [-0.39, 0.29) is 5.41 Å². The zero-order valence-corrected chi connectivity index (χ0v) is 12.9. The number of nitriles is 1. The van der Waals surface area contributed by atoms with Gasteiger partial charge in [0.15, 0.2) is 0 Å². The highest BCUT2D eigenvalue weighted by Crippen LogP contribution is 2.45. The Morgan fingerprint density at radius 2 is 2.10 bits per heavy atom. The normalized spacial score (nSPS) is 28.4. The zero-order valence-electron chi connectivity index (χ0n) is 12.9. The van der Waals surface area contributed by atoms with E-state index in [1.54, 1.807) is 7.11 Å². The van der Waals surface area contributed by atoms with E-state index in [4.69, 9.17) is 4.74 Å². The van der Waals surface area contributed by atoms with Crippen LogP contribution in [0.1, 0.15) is 40.0 Å². The van der Waals surface area contributed by atoms with Gasteiger partial charge in [0, 0.05) is 11.8 Å². The van der Waals surface area contributed by atoms with Crippen molar-refractivity contribution < 1.29 is 4.74 Å². The number of anilines is 1. The molecule has 1 aromatic rings. The van der Waals surface area contributed by atoms with Crippen LogP contribution in [0.4, 0.5) is 5.69 Å². The quantitative estimate of drug-likeness (QED) is 0.896. The van der Waals surface area contributed by atoms with Crippen molar-refractivity contribution in [2.45, 2.75) is 45.6 Å². The molecule has 0 aliphatic heterocycles. The molecule has 1 saturated carbocycles. The van der Waals surface area contributed by atoms with Gasteiger partial charge in [0.2, 0.25) is 0 Å². The third-order valence-corrected chi connectivity index (χ3v) is 4.05. The van der Waals surface area contributed by atoms with E-state index in [1.807, 2.05) is 24.3 Å².